The Morgan fingerprint density at radius 3 is 2.03 bits per heavy atom. The third-order valence-corrected chi connectivity index (χ3v) is 6.08. The van der Waals surface area contributed by atoms with Crippen molar-refractivity contribution in [2.45, 2.75) is 32.0 Å². The number of alkyl halides is 3. The van der Waals surface area contributed by atoms with E-state index >= 15 is 0 Å². The molecule has 33 heavy (non-hydrogen) atoms. The van der Waals surface area contributed by atoms with Crippen molar-refractivity contribution in [2.24, 2.45) is 0 Å². The first-order valence-corrected chi connectivity index (χ1v) is 11.2. The Balaban J connectivity index is 1.81. The molecule has 0 fully saturated rings. The Hall–Kier alpha value is -3.53. The molecule has 0 aliphatic heterocycles. The number of hydrogen-bond donors (Lipinski definition) is 2. The molecule has 10 heteroatoms. The molecule has 0 atom stereocenters. The summed E-state index contributed by atoms with van der Waals surface area (Å²) in [5, 5.41) is 2.52. The van der Waals surface area contributed by atoms with E-state index in [4.69, 9.17) is 0 Å². The number of carbonyl (C=O) groups is 1. The van der Waals surface area contributed by atoms with Gasteiger partial charge < -0.3 is 10.1 Å². The van der Waals surface area contributed by atoms with Crippen molar-refractivity contribution >= 4 is 27.3 Å². The number of carbonyl (C=O) groups excluding carboxylic acids is 1. The monoisotopic (exact) mass is 478 g/mol. The van der Waals surface area contributed by atoms with E-state index in [1.54, 1.807) is 19.1 Å². The summed E-state index contributed by atoms with van der Waals surface area (Å²) >= 11 is 0. The fourth-order valence-electron chi connectivity index (χ4n) is 3.22. The van der Waals surface area contributed by atoms with Crippen LogP contribution in [-0.2, 0) is 10.0 Å². The van der Waals surface area contributed by atoms with E-state index in [9.17, 15) is 26.4 Å². The number of hydrogen-bond acceptors (Lipinski definition) is 4. The first-order valence-electron chi connectivity index (χ1n) is 9.71. The topological polar surface area (TPSA) is 84.5 Å². The Labute approximate surface area is 189 Å². The van der Waals surface area contributed by atoms with Crippen LogP contribution >= 0.6 is 0 Å². The van der Waals surface area contributed by atoms with Crippen LogP contribution in [0, 0.1) is 20.8 Å². The van der Waals surface area contributed by atoms with E-state index in [-0.39, 0.29) is 16.1 Å². The molecule has 0 aliphatic carbocycles. The molecule has 3 rings (SSSR count). The first-order chi connectivity index (χ1) is 15.3. The summed E-state index contributed by atoms with van der Waals surface area (Å²) < 4.78 is 69.1. The lowest BCUT2D eigenvalue weighted by atomic mass is 10.1. The van der Waals surface area contributed by atoms with E-state index in [0.29, 0.717) is 11.3 Å². The van der Waals surface area contributed by atoms with Gasteiger partial charge in [0, 0.05) is 16.9 Å². The molecule has 0 heterocycles. The predicted octanol–water partition coefficient (Wildman–Crippen LogP) is 5.56. The van der Waals surface area contributed by atoms with Crippen molar-refractivity contribution in [1.29, 1.82) is 0 Å². The summed E-state index contributed by atoms with van der Waals surface area (Å²) in [6.45, 7) is 5.31. The van der Waals surface area contributed by atoms with Gasteiger partial charge in [0.25, 0.3) is 15.9 Å². The molecule has 1 amide bonds. The Morgan fingerprint density at radius 2 is 1.45 bits per heavy atom. The van der Waals surface area contributed by atoms with Gasteiger partial charge in [0.2, 0.25) is 0 Å². The lowest BCUT2D eigenvalue weighted by molar-refractivity contribution is -0.274. The molecule has 0 radical (unpaired) electrons. The van der Waals surface area contributed by atoms with E-state index in [1.807, 2.05) is 19.9 Å². The SMILES string of the molecule is Cc1cc(C)cc(NS(=O)(=O)c2cc(C(=O)Nc3ccc(OC(F)(F)F)cc3)ccc2C)c1. The molecule has 0 saturated heterocycles. The summed E-state index contributed by atoms with van der Waals surface area (Å²) in [5.74, 6) is -1.05. The number of benzene rings is 3. The number of anilines is 2. The molecule has 3 aromatic rings. The van der Waals surface area contributed by atoms with E-state index in [1.165, 1.54) is 30.3 Å². The number of aryl methyl sites for hydroxylation is 3. The van der Waals surface area contributed by atoms with Crippen molar-refractivity contribution in [3.8, 4) is 5.75 Å². The molecule has 0 spiro atoms. The highest BCUT2D eigenvalue weighted by molar-refractivity contribution is 7.92. The maximum Gasteiger partial charge on any atom is 0.573 e. The molecule has 0 saturated carbocycles. The second kappa shape index (κ2) is 9.14. The van der Waals surface area contributed by atoms with Gasteiger partial charge >= 0.3 is 6.36 Å². The summed E-state index contributed by atoms with van der Waals surface area (Å²) in [5.41, 5.74) is 2.92. The molecular formula is C23H21F3N2O4S. The van der Waals surface area contributed by atoms with E-state index < -0.39 is 28.0 Å². The molecule has 0 aromatic heterocycles. The van der Waals surface area contributed by atoms with Gasteiger partial charge in [-0.05, 0) is 86.0 Å². The van der Waals surface area contributed by atoms with Gasteiger partial charge in [-0.15, -0.1) is 13.2 Å². The van der Waals surface area contributed by atoms with Crippen LogP contribution < -0.4 is 14.8 Å². The fourth-order valence-corrected chi connectivity index (χ4v) is 4.53. The van der Waals surface area contributed by atoms with Gasteiger partial charge in [0.15, 0.2) is 0 Å². The second-order valence-corrected chi connectivity index (χ2v) is 9.14. The summed E-state index contributed by atoms with van der Waals surface area (Å²) in [6, 6.07) is 14.1. The van der Waals surface area contributed by atoms with Crippen LogP contribution in [0.3, 0.4) is 0 Å². The summed E-state index contributed by atoms with van der Waals surface area (Å²) in [4.78, 5) is 12.6. The summed E-state index contributed by atoms with van der Waals surface area (Å²) in [6.07, 6.45) is -4.82. The molecular weight excluding hydrogens is 457 g/mol. The molecule has 174 valence electrons. The average molecular weight is 478 g/mol. The Kier molecular flexibility index (Phi) is 6.68. The second-order valence-electron chi connectivity index (χ2n) is 7.49. The lowest BCUT2D eigenvalue weighted by Crippen LogP contribution is -2.18. The van der Waals surface area contributed by atoms with Crippen LogP contribution in [0.25, 0.3) is 0 Å². The van der Waals surface area contributed by atoms with Crippen LogP contribution in [0.2, 0.25) is 0 Å². The largest absolute Gasteiger partial charge is 0.573 e. The standard InChI is InChI=1S/C23H21F3N2O4S/c1-14-10-15(2)12-19(11-14)28-33(30,31)21-13-17(5-4-16(21)3)22(29)27-18-6-8-20(9-7-18)32-23(24,25)26/h4-13,28H,1-3H3,(H,27,29). The van der Waals surface area contributed by atoms with Gasteiger partial charge in [-0.2, -0.15) is 0 Å². The highest BCUT2D eigenvalue weighted by atomic mass is 32.2. The molecule has 3 aromatic carbocycles. The van der Waals surface area contributed by atoms with E-state index in [0.717, 1.165) is 23.3 Å². The van der Waals surface area contributed by atoms with Crippen molar-refractivity contribution in [2.75, 3.05) is 10.0 Å². The normalized spacial score (nSPS) is 11.7. The van der Waals surface area contributed by atoms with Crippen LogP contribution in [0.5, 0.6) is 5.75 Å². The van der Waals surface area contributed by atoms with Crippen LogP contribution in [0.15, 0.2) is 65.6 Å². The third kappa shape index (κ3) is 6.48. The highest BCUT2D eigenvalue weighted by Crippen LogP contribution is 2.25. The quantitative estimate of drug-likeness (QED) is 0.486. The van der Waals surface area contributed by atoms with Gasteiger partial charge in [-0.3, -0.25) is 9.52 Å². The Morgan fingerprint density at radius 1 is 0.848 bits per heavy atom. The van der Waals surface area contributed by atoms with Gasteiger partial charge in [-0.25, -0.2) is 8.42 Å². The van der Waals surface area contributed by atoms with Gasteiger partial charge in [-0.1, -0.05) is 12.1 Å². The maximum atomic E-state index is 13.0. The third-order valence-electron chi connectivity index (χ3n) is 4.56. The minimum Gasteiger partial charge on any atom is -0.406 e. The van der Waals surface area contributed by atoms with Crippen LogP contribution in [-0.4, -0.2) is 20.7 Å². The van der Waals surface area contributed by atoms with Crippen LogP contribution in [0.1, 0.15) is 27.0 Å². The maximum absolute atomic E-state index is 13.0. The van der Waals surface area contributed by atoms with Crippen molar-refractivity contribution in [1.82, 2.24) is 0 Å². The number of rotatable bonds is 6. The molecule has 2 N–H and O–H groups in total. The number of halogens is 3. The van der Waals surface area contributed by atoms with Gasteiger partial charge in [0.1, 0.15) is 5.75 Å². The minimum atomic E-state index is -4.82. The predicted molar refractivity (Wildman–Crippen MR) is 119 cm³/mol. The zero-order valence-corrected chi connectivity index (χ0v) is 18.8. The fraction of sp³-hybridized carbons (Fsp3) is 0.174. The zero-order valence-electron chi connectivity index (χ0n) is 17.9. The molecule has 6 nitrogen and oxygen atoms in total. The molecule has 0 unspecified atom stereocenters. The molecule has 0 aliphatic rings. The van der Waals surface area contributed by atoms with Crippen molar-refractivity contribution in [3.05, 3.63) is 82.9 Å². The van der Waals surface area contributed by atoms with Crippen molar-refractivity contribution < 1.29 is 31.1 Å². The lowest BCUT2D eigenvalue weighted by Gasteiger charge is -2.13. The van der Waals surface area contributed by atoms with Crippen LogP contribution in [0.4, 0.5) is 24.5 Å². The molecule has 0 bridgehead atoms. The summed E-state index contributed by atoms with van der Waals surface area (Å²) in [7, 11) is -3.98. The average Bonchev–Trinajstić information content (AvgIpc) is 2.67. The number of sulfonamides is 1. The number of nitrogens with one attached hydrogen (secondary N) is 2. The zero-order chi connectivity index (χ0) is 24.4. The number of amides is 1. The first kappa shape index (κ1) is 24.1. The Bertz CT molecular complexity index is 1270. The smallest absolute Gasteiger partial charge is 0.406 e. The highest BCUT2D eigenvalue weighted by Gasteiger charge is 2.31. The number of ether oxygens (including phenoxy) is 1. The minimum absolute atomic E-state index is 0.0664. The van der Waals surface area contributed by atoms with E-state index in [2.05, 4.69) is 14.8 Å². The van der Waals surface area contributed by atoms with Gasteiger partial charge in [0.05, 0.1) is 4.90 Å². The van der Waals surface area contributed by atoms with Crippen molar-refractivity contribution in [3.63, 3.8) is 0 Å².